The molecule has 0 radical (unpaired) electrons. The number of thiocarbonyl (C=S) groups is 1. The van der Waals surface area contributed by atoms with E-state index >= 15 is 0 Å². The average Bonchev–Trinajstić information content (AvgIpc) is 3.45. The summed E-state index contributed by atoms with van der Waals surface area (Å²) in [5.74, 6) is 0. The molecule has 6 heteroatoms. The lowest BCUT2D eigenvalue weighted by molar-refractivity contribution is 0.565. The minimum Gasteiger partial charge on any atom is -0.372 e. The molecule has 1 N–H and O–H groups in total. The second kappa shape index (κ2) is 11.0. The molecule has 2 aromatic carbocycles. The number of nitrogens with zero attached hydrogens (tertiary/aromatic N) is 4. The quantitative estimate of drug-likeness (QED) is 0.250. The number of aromatic nitrogens is 2. The van der Waals surface area contributed by atoms with E-state index in [1.807, 2.05) is 18.3 Å². The van der Waals surface area contributed by atoms with E-state index in [0.29, 0.717) is 0 Å². The fourth-order valence-corrected chi connectivity index (χ4v) is 6.07. The molecule has 1 aliphatic rings. The van der Waals surface area contributed by atoms with Gasteiger partial charge in [-0.05, 0) is 112 Å². The van der Waals surface area contributed by atoms with Gasteiger partial charge in [0.1, 0.15) is 0 Å². The lowest BCUT2D eigenvalue weighted by atomic mass is 9.96. The predicted octanol–water partition coefficient (Wildman–Crippen LogP) is 7.07. The number of aryl methyl sites for hydroxylation is 2. The number of benzene rings is 2. The molecule has 0 bridgehead atoms. The van der Waals surface area contributed by atoms with Gasteiger partial charge in [0.25, 0.3) is 0 Å². The van der Waals surface area contributed by atoms with Gasteiger partial charge in [0.05, 0.1) is 17.8 Å². The first kappa shape index (κ1) is 26.0. The Morgan fingerprint density at radius 1 is 0.895 bits per heavy atom. The molecule has 38 heavy (non-hydrogen) atoms. The van der Waals surface area contributed by atoms with Crippen LogP contribution < -0.4 is 15.1 Å². The van der Waals surface area contributed by atoms with Gasteiger partial charge in [0.15, 0.2) is 5.11 Å². The van der Waals surface area contributed by atoms with E-state index in [1.54, 1.807) is 0 Å². The van der Waals surface area contributed by atoms with Crippen LogP contribution in [0, 0.1) is 13.8 Å². The van der Waals surface area contributed by atoms with Gasteiger partial charge in [-0.3, -0.25) is 4.98 Å². The Labute approximate surface area is 232 Å². The molecular weight excluding hydrogens is 486 g/mol. The molecule has 4 aromatic rings. The number of rotatable bonds is 8. The van der Waals surface area contributed by atoms with Gasteiger partial charge in [-0.1, -0.05) is 25.1 Å². The van der Waals surface area contributed by atoms with Crippen LogP contribution in [-0.2, 0) is 6.42 Å². The Kier molecular flexibility index (Phi) is 7.52. The maximum absolute atomic E-state index is 5.95. The molecule has 2 atom stereocenters. The Morgan fingerprint density at radius 2 is 1.58 bits per heavy atom. The summed E-state index contributed by atoms with van der Waals surface area (Å²) >= 11 is 5.95. The summed E-state index contributed by atoms with van der Waals surface area (Å²) in [4.78, 5) is 9.36. The van der Waals surface area contributed by atoms with Crippen molar-refractivity contribution in [1.82, 2.24) is 14.9 Å². The molecule has 3 heterocycles. The van der Waals surface area contributed by atoms with E-state index < -0.39 is 0 Å². The molecule has 2 unspecified atom stereocenters. The summed E-state index contributed by atoms with van der Waals surface area (Å²) in [7, 11) is 0. The van der Waals surface area contributed by atoms with Crippen LogP contribution in [0.1, 0.15) is 61.1 Å². The summed E-state index contributed by atoms with van der Waals surface area (Å²) < 4.78 is 2.36. The SMILES string of the molecule is CCc1ccc(N2C(=S)NC(c3ccccn3)C2c2cc(C)n(-c3ccc(N(CC)CC)cc3)c2C)cc1. The van der Waals surface area contributed by atoms with Crippen LogP contribution in [0.2, 0.25) is 0 Å². The van der Waals surface area contributed by atoms with Crippen LogP contribution in [0.5, 0.6) is 0 Å². The molecule has 0 saturated carbocycles. The molecule has 1 fully saturated rings. The highest BCUT2D eigenvalue weighted by atomic mass is 32.1. The molecule has 1 aliphatic heterocycles. The van der Waals surface area contributed by atoms with Crippen LogP contribution in [0.15, 0.2) is 79.0 Å². The van der Waals surface area contributed by atoms with Crippen molar-refractivity contribution in [2.45, 2.75) is 53.1 Å². The molecule has 196 valence electrons. The maximum Gasteiger partial charge on any atom is 0.174 e. The number of nitrogens with one attached hydrogen (secondary N) is 1. The summed E-state index contributed by atoms with van der Waals surface area (Å²) in [6, 6.07) is 26.0. The monoisotopic (exact) mass is 523 g/mol. The molecule has 1 saturated heterocycles. The summed E-state index contributed by atoms with van der Waals surface area (Å²) in [5, 5.41) is 4.33. The maximum atomic E-state index is 5.95. The van der Waals surface area contributed by atoms with Crippen LogP contribution in [0.3, 0.4) is 0 Å². The minimum absolute atomic E-state index is 0.0280. The zero-order valence-electron chi connectivity index (χ0n) is 23.0. The molecule has 0 spiro atoms. The van der Waals surface area contributed by atoms with Gasteiger partial charge in [-0.25, -0.2) is 0 Å². The molecular formula is C32H37N5S. The smallest absolute Gasteiger partial charge is 0.174 e. The van der Waals surface area contributed by atoms with Gasteiger partial charge in [-0.2, -0.15) is 0 Å². The van der Waals surface area contributed by atoms with Gasteiger partial charge in [-0.15, -0.1) is 0 Å². The van der Waals surface area contributed by atoms with Crippen LogP contribution in [0.4, 0.5) is 11.4 Å². The van der Waals surface area contributed by atoms with Gasteiger partial charge >= 0.3 is 0 Å². The van der Waals surface area contributed by atoms with Crippen molar-refractivity contribution in [2.24, 2.45) is 0 Å². The summed E-state index contributed by atoms with van der Waals surface area (Å²) in [5.41, 5.74) is 9.48. The fourth-order valence-electron chi connectivity index (χ4n) is 5.73. The van der Waals surface area contributed by atoms with E-state index in [0.717, 1.165) is 36.0 Å². The Hall–Kier alpha value is -3.64. The number of hydrogen-bond donors (Lipinski definition) is 1. The highest BCUT2D eigenvalue weighted by Gasteiger charge is 2.42. The normalized spacial score (nSPS) is 17.1. The topological polar surface area (TPSA) is 36.3 Å². The van der Waals surface area contributed by atoms with Crippen molar-refractivity contribution < 1.29 is 0 Å². The van der Waals surface area contributed by atoms with Gasteiger partial charge in [0.2, 0.25) is 0 Å². The van der Waals surface area contributed by atoms with Crippen molar-refractivity contribution in [2.75, 3.05) is 22.9 Å². The first-order chi connectivity index (χ1) is 18.5. The standard InChI is InChI=1S/C32H37N5S/c1-6-24-12-14-27(15-13-24)37-31(30(34-32(37)38)29-11-9-10-20-33-29)28-21-22(4)36(23(28)5)26-18-16-25(17-19-26)35(7-2)8-3/h9-21,30-31H,6-8H2,1-5H3,(H,34,38). The zero-order valence-corrected chi connectivity index (χ0v) is 23.8. The first-order valence-corrected chi connectivity index (χ1v) is 14.0. The Bertz CT molecular complexity index is 1390. The zero-order chi connectivity index (χ0) is 26.8. The summed E-state index contributed by atoms with van der Waals surface area (Å²) in [6.45, 7) is 13.0. The lowest BCUT2D eigenvalue weighted by Gasteiger charge is -2.28. The Morgan fingerprint density at radius 3 is 2.18 bits per heavy atom. The number of pyridine rings is 1. The lowest BCUT2D eigenvalue weighted by Crippen LogP contribution is -2.29. The van der Waals surface area contributed by atoms with E-state index in [2.05, 4.69) is 115 Å². The van der Waals surface area contributed by atoms with E-state index in [4.69, 9.17) is 17.2 Å². The highest BCUT2D eigenvalue weighted by molar-refractivity contribution is 7.80. The molecule has 0 aliphatic carbocycles. The second-order valence-electron chi connectivity index (χ2n) is 9.87. The molecule has 2 aromatic heterocycles. The third kappa shape index (κ3) is 4.69. The minimum atomic E-state index is -0.0615. The molecule has 5 rings (SSSR count). The number of hydrogen-bond acceptors (Lipinski definition) is 3. The number of anilines is 2. The average molecular weight is 524 g/mol. The van der Waals surface area contributed by atoms with E-state index in [-0.39, 0.29) is 12.1 Å². The van der Waals surface area contributed by atoms with E-state index in [9.17, 15) is 0 Å². The highest BCUT2D eigenvalue weighted by Crippen LogP contribution is 2.43. The van der Waals surface area contributed by atoms with Gasteiger partial charge in [0, 0.05) is 47.7 Å². The van der Waals surface area contributed by atoms with Crippen molar-refractivity contribution in [3.63, 3.8) is 0 Å². The molecule has 0 amide bonds. The third-order valence-corrected chi connectivity index (χ3v) is 8.06. The fraction of sp³-hybridized carbons (Fsp3) is 0.312. The van der Waals surface area contributed by atoms with Crippen molar-refractivity contribution in [1.29, 1.82) is 0 Å². The third-order valence-electron chi connectivity index (χ3n) is 7.75. The predicted molar refractivity (Wildman–Crippen MR) is 163 cm³/mol. The largest absolute Gasteiger partial charge is 0.372 e. The van der Waals surface area contributed by atoms with Crippen molar-refractivity contribution in [3.8, 4) is 5.69 Å². The molecule has 5 nitrogen and oxygen atoms in total. The van der Waals surface area contributed by atoms with Gasteiger partial charge < -0.3 is 19.7 Å². The van der Waals surface area contributed by atoms with E-state index in [1.165, 1.54) is 33.9 Å². The van der Waals surface area contributed by atoms with Crippen molar-refractivity contribution >= 4 is 28.7 Å². The Balaban J connectivity index is 1.60. The van der Waals surface area contributed by atoms with Crippen molar-refractivity contribution in [3.05, 3.63) is 107 Å². The van der Waals surface area contributed by atoms with Crippen LogP contribution >= 0.6 is 12.2 Å². The summed E-state index contributed by atoms with van der Waals surface area (Å²) in [6.07, 6.45) is 2.87. The van der Waals surface area contributed by atoms with Crippen LogP contribution in [0.25, 0.3) is 5.69 Å². The first-order valence-electron chi connectivity index (χ1n) is 13.6. The second-order valence-corrected chi connectivity index (χ2v) is 10.3. The van der Waals surface area contributed by atoms with Crippen LogP contribution in [-0.4, -0.2) is 27.8 Å².